The average Bonchev–Trinajstić information content (AvgIpc) is 2.57. The summed E-state index contributed by atoms with van der Waals surface area (Å²) in [5, 5.41) is 2.78. The summed E-state index contributed by atoms with van der Waals surface area (Å²) in [6.07, 6.45) is -0.440. The lowest BCUT2D eigenvalue weighted by molar-refractivity contribution is 0.0523. The third-order valence-corrected chi connectivity index (χ3v) is 3.54. The topological polar surface area (TPSA) is 47.6 Å². The molecule has 0 unspecified atom stereocenters. The third-order valence-electron chi connectivity index (χ3n) is 3.54. The molecule has 4 heteroatoms. The van der Waals surface area contributed by atoms with E-state index in [9.17, 15) is 4.79 Å². The molecule has 26 heavy (non-hydrogen) atoms. The SMILES string of the molecule is C=C(C)c1cc(CNC(=O)OC(C)(C)C)cc(OCc2ccccc2)c1. The van der Waals surface area contributed by atoms with Crippen LogP contribution in [0.4, 0.5) is 4.79 Å². The Kier molecular flexibility index (Phi) is 6.45. The molecule has 1 amide bonds. The van der Waals surface area contributed by atoms with Gasteiger partial charge in [0.25, 0.3) is 0 Å². The molecule has 138 valence electrons. The molecule has 1 N–H and O–H groups in total. The average molecular weight is 353 g/mol. The molecular formula is C22H27NO3. The van der Waals surface area contributed by atoms with Crippen LogP contribution in [-0.2, 0) is 17.9 Å². The standard InChI is InChI=1S/C22H27NO3/c1-16(2)19-11-18(14-23-21(24)26-22(3,4)5)12-20(13-19)25-15-17-9-7-6-8-10-17/h6-13H,1,14-15H2,2-5H3,(H,23,24). The predicted molar refractivity (Wildman–Crippen MR) is 105 cm³/mol. The first-order valence-electron chi connectivity index (χ1n) is 8.66. The van der Waals surface area contributed by atoms with Crippen LogP contribution >= 0.6 is 0 Å². The van der Waals surface area contributed by atoms with Crippen LogP contribution < -0.4 is 10.1 Å². The second-order valence-corrected chi connectivity index (χ2v) is 7.28. The van der Waals surface area contributed by atoms with Crippen LogP contribution in [0.1, 0.15) is 44.4 Å². The molecule has 0 saturated heterocycles. The highest BCUT2D eigenvalue weighted by atomic mass is 16.6. The minimum Gasteiger partial charge on any atom is -0.489 e. The molecule has 0 radical (unpaired) electrons. The minimum atomic E-state index is -0.520. The lowest BCUT2D eigenvalue weighted by Crippen LogP contribution is -2.32. The number of ether oxygens (including phenoxy) is 2. The Bertz CT molecular complexity index is 761. The quantitative estimate of drug-likeness (QED) is 0.764. The zero-order valence-electron chi connectivity index (χ0n) is 16.0. The van der Waals surface area contributed by atoms with Crippen molar-refractivity contribution in [3.63, 3.8) is 0 Å². The molecular weight excluding hydrogens is 326 g/mol. The molecule has 0 spiro atoms. The largest absolute Gasteiger partial charge is 0.489 e. The van der Waals surface area contributed by atoms with Crippen LogP contribution in [0.2, 0.25) is 0 Å². The maximum Gasteiger partial charge on any atom is 0.407 e. The van der Waals surface area contributed by atoms with Crippen molar-refractivity contribution in [2.45, 2.75) is 46.4 Å². The molecule has 0 aromatic heterocycles. The van der Waals surface area contributed by atoms with Gasteiger partial charge in [-0.1, -0.05) is 42.5 Å². The summed E-state index contributed by atoms with van der Waals surface area (Å²) in [5.74, 6) is 0.746. The number of amides is 1. The van der Waals surface area contributed by atoms with Gasteiger partial charge in [0.1, 0.15) is 18.0 Å². The first-order chi connectivity index (χ1) is 12.2. The Balaban J connectivity index is 2.07. The van der Waals surface area contributed by atoms with Gasteiger partial charge >= 0.3 is 6.09 Å². The van der Waals surface area contributed by atoms with Crippen molar-refractivity contribution in [3.8, 4) is 5.75 Å². The summed E-state index contributed by atoms with van der Waals surface area (Å²) < 4.78 is 11.2. The normalized spacial score (nSPS) is 10.9. The number of nitrogens with one attached hydrogen (secondary N) is 1. The van der Waals surface area contributed by atoms with E-state index in [0.29, 0.717) is 13.2 Å². The molecule has 0 bridgehead atoms. The van der Waals surface area contributed by atoms with Crippen LogP contribution in [0.25, 0.3) is 5.57 Å². The second kappa shape index (κ2) is 8.56. The minimum absolute atomic E-state index is 0.359. The van der Waals surface area contributed by atoms with Crippen LogP contribution in [0, 0.1) is 0 Å². The number of rotatable bonds is 6. The summed E-state index contributed by atoms with van der Waals surface area (Å²) in [6, 6.07) is 15.9. The number of alkyl carbamates (subject to hydrolysis) is 1. The number of carbonyl (C=O) groups excluding carboxylic acids is 1. The number of allylic oxidation sites excluding steroid dienone is 1. The third kappa shape index (κ3) is 6.63. The fourth-order valence-corrected chi connectivity index (χ4v) is 2.32. The summed E-state index contributed by atoms with van der Waals surface area (Å²) in [4.78, 5) is 11.9. The van der Waals surface area contributed by atoms with E-state index in [2.05, 4.69) is 11.9 Å². The highest BCUT2D eigenvalue weighted by molar-refractivity contribution is 5.68. The van der Waals surface area contributed by atoms with E-state index in [1.165, 1.54) is 0 Å². The Hall–Kier alpha value is -2.75. The monoisotopic (exact) mass is 353 g/mol. The molecule has 0 saturated carbocycles. The first kappa shape index (κ1) is 19.6. The smallest absolute Gasteiger partial charge is 0.407 e. The van der Waals surface area contributed by atoms with Gasteiger partial charge in [0.05, 0.1) is 0 Å². The van der Waals surface area contributed by atoms with E-state index in [0.717, 1.165) is 28.0 Å². The van der Waals surface area contributed by atoms with E-state index >= 15 is 0 Å². The zero-order valence-corrected chi connectivity index (χ0v) is 16.0. The van der Waals surface area contributed by atoms with Crippen molar-refractivity contribution in [2.24, 2.45) is 0 Å². The molecule has 0 heterocycles. The van der Waals surface area contributed by atoms with Gasteiger partial charge in [0.2, 0.25) is 0 Å². The van der Waals surface area contributed by atoms with Crippen molar-refractivity contribution < 1.29 is 14.3 Å². The highest BCUT2D eigenvalue weighted by Gasteiger charge is 2.16. The van der Waals surface area contributed by atoms with Gasteiger partial charge in [-0.3, -0.25) is 0 Å². The van der Waals surface area contributed by atoms with E-state index in [1.807, 2.05) is 76.2 Å². The van der Waals surface area contributed by atoms with Crippen molar-refractivity contribution in [1.29, 1.82) is 0 Å². The van der Waals surface area contributed by atoms with Crippen LogP contribution in [0.15, 0.2) is 55.1 Å². The van der Waals surface area contributed by atoms with Gasteiger partial charge in [-0.25, -0.2) is 4.79 Å². The van der Waals surface area contributed by atoms with Gasteiger partial charge in [-0.05, 0) is 62.6 Å². The van der Waals surface area contributed by atoms with Crippen molar-refractivity contribution in [1.82, 2.24) is 5.32 Å². The zero-order chi connectivity index (χ0) is 19.2. The Morgan fingerprint density at radius 2 is 1.77 bits per heavy atom. The fraction of sp³-hybridized carbons (Fsp3) is 0.318. The summed E-state index contributed by atoms with van der Waals surface area (Å²) in [7, 11) is 0. The maximum absolute atomic E-state index is 11.9. The summed E-state index contributed by atoms with van der Waals surface area (Å²) >= 11 is 0. The van der Waals surface area contributed by atoms with E-state index in [1.54, 1.807) is 0 Å². The van der Waals surface area contributed by atoms with E-state index in [-0.39, 0.29) is 0 Å². The molecule has 0 aliphatic heterocycles. The number of hydrogen-bond acceptors (Lipinski definition) is 3. The summed E-state index contributed by atoms with van der Waals surface area (Å²) in [6.45, 7) is 12.3. The van der Waals surface area contributed by atoms with Crippen LogP contribution in [-0.4, -0.2) is 11.7 Å². The Morgan fingerprint density at radius 1 is 1.08 bits per heavy atom. The molecule has 0 atom stereocenters. The number of carbonyl (C=O) groups is 1. The number of hydrogen-bond donors (Lipinski definition) is 1. The van der Waals surface area contributed by atoms with Gasteiger partial charge in [0, 0.05) is 6.54 Å². The molecule has 2 rings (SSSR count). The molecule has 4 nitrogen and oxygen atoms in total. The summed E-state index contributed by atoms with van der Waals surface area (Å²) in [5.41, 5.74) is 3.43. The van der Waals surface area contributed by atoms with Gasteiger partial charge < -0.3 is 14.8 Å². The second-order valence-electron chi connectivity index (χ2n) is 7.28. The van der Waals surface area contributed by atoms with Crippen molar-refractivity contribution >= 4 is 11.7 Å². The molecule has 2 aromatic carbocycles. The van der Waals surface area contributed by atoms with Crippen LogP contribution in [0.5, 0.6) is 5.75 Å². The lowest BCUT2D eigenvalue weighted by Gasteiger charge is -2.20. The van der Waals surface area contributed by atoms with Gasteiger partial charge in [-0.15, -0.1) is 0 Å². The van der Waals surface area contributed by atoms with Crippen molar-refractivity contribution in [3.05, 3.63) is 71.8 Å². The van der Waals surface area contributed by atoms with E-state index in [4.69, 9.17) is 9.47 Å². The molecule has 2 aromatic rings. The maximum atomic E-state index is 11.9. The fourth-order valence-electron chi connectivity index (χ4n) is 2.32. The first-order valence-corrected chi connectivity index (χ1v) is 8.66. The van der Waals surface area contributed by atoms with Gasteiger partial charge in [-0.2, -0.15) is 0 Å². The van der Waals surface area contributed by atoms with Crippen LogP contribution in [0.3, 0.4) is 0 Å². The molecule has 0 aliphatic carbocycles. The number of benzene rings is 2. The highest BCUT2D eigenvalue weighted by Crippen LogP contribution is 2.23. The lowest BCUT2D eigenvalue weighted by atomic mass is 10.0. The Morgan fingerprint density at radius 3 is 2.38 bits per heavy atom. The van der Waals surface area contributed by atoms with E-state index < -0.39 is 11.7 Å². The van der Waals surface area contributed by atoms with Gasteiger partial charge in [0.15, 0.2) is 0 Å². The predicted octanol–water partition coefficient (Wildman–Crippen LogP) is 5.32. The van der Waals surface area contributed by atoms with Crippen molar-refractivity contribution in [2.75, 3.05) is 0 Å². The molecule has 0 fully saturated rings. The Labute approximate surface area is 155 Å². The molecule has 0 aliphatic rings.